The van der Waals surface area contributed by atoms with Crippen molar-refractivity contribution in [3.8, 4) is 0 Å². The van der Waals surface area contributed by atoms with Crippen LogP contribution in [0.2, 0.25) is 0 Å². The van der Waals surface area contributed by atoms with Gasteiger partial charge < -0.3 is 9.47 Å². The van der Waals surface area contributed by atoms with Crippen LogP contribution in [0.1, 0.15) is 37.3 Å². The molecule has 2 aliphatic heterocycles. The second-order valence-corrected chi connectivity index (χ2v) is 6.73. The summed E-state index contributed by atoms with van der Waals surface area (Å²) < 4.78 is 28.9. The maximum Gasteiger partial charge on any atom is 0.227 e. The van der Waals surface area contributed by atoms with E-state index in [1.54, 1.807) is 6.20 Å². The minimum Gasteiger partial charge on any atom is -0.336 e. The van der Waals surface area contributed by atoms with Crippen molar-refractivity contribution in [2.45, 2.75) is 50.2 Å². The number of hydrogen-bond donors (Lipinski definition) is 0. The first kappa shape index (κ1) is 15.3. The van der Waals surface area contributed by atoms with Crippen molar-refractivity contribution in [3.05, 3.63) is 54.1 Å². The summed E-state index contributed by atoms with van der Waals surface area (Å²) in [7, 11) is 0. The van der Waals surface area contributed by atoms with Crippen LogP contribution in [0.25, 0.3) is 0 Å². The topological polar surface area (TPSA) is 38.1 Å². The van der Waals surface area contributed by atoms with E-state index < -0.39 is 11.6 Å². The Labute approximate surface area is 139 Å². The number of amides is 1. The predicted octanol–water partition coefficient (Wildman–Crippen LogP) is 3.10. The molecule has 126 valence electrons. The number of piperidine rings is 1. The summed E-state index contributed by atoms with van der Waals surface area (Å²) in [5.41, 5.74) is 0.262. The van der Waals surface area contributed by atoms with E-state index in [1.165, 1.54) is 12.1 Å². The van der Waals surface area contributed by atoms with Crippen molar-refractivity contribution >= 4 is 5.91 Å². The molecule has 4 nitrogen and oxygen atoms in total. The summed E-state index contributed by atoms with van der Waals surface area (Å²) in [5, 5.41) is 0. The molecule has 2 atom stereocenters. The van der Waals surface area contributed by atoms with E-state index in [0.29, 0.717) is 6.04 Å². The summed E-state index contributed by atoms with van der Waals surface area (Å²) in [6, 6.07) is 4.17. The van der Waals surface area contributed by atoms with Gasteiger partial charge >= 0.3 is 0 Å². The van der Waals surface area contributed by atoms with E-state index >= 15 is 0 Å². The molecule has 24 heavy (non-hydrogen) atoms. The van der Waals surface area contributed by atoms with Gasteiger partial charge in [0, 0.05) is 36.6 Å². The lowest BCUT2D eigenvalue weighted by molar-refractivity contribution is -0.135. The summed E-state index contributed by atoms with van der Waals surface area (Å²) in [5.74, 6) is -1.33. The van der Waals surface area contributed by atoms with Gasteiger partial charge in [-0.3, -0.25) is 4.79 Å². The van der Waals surface area contributed by atoms with Gasteiger partial charge in [0.1, 0.15) is 11.6 Å². The Hall–Kier alpha value is -2.24. The number of aromatic nitrogens is 2. The Morgan fingerprint density at radius 2 is 1.92 bits per heavy atom. The SMILES string of the molecule is O=C(Cc1ccc(F)cc1F)N1C2CCC1CC(n1ccnc1)C2. The van der Waals surface area contributed by atoms with Crippen LogP contribution >= 0.6 is 0 Å². The number of fused-ring (bicyclic) bond motifs is 2. The fourth-order valence-electron chi connectivity index (χ4n) is 4.20. The quantitative estimate of drug-likeness (QED) is 0.867. The molecule has 0 radical (unpaired) electrons. The van der Waals surface area contributed by atoms with Gasteiger partial charge in [-0.25, -0.2) is 13.8 Å². The monoisotopic (exact) mass is 331 g/mol. The molecule has 0 saturated carbocycles. The minimum atomic E-state index is -0.649. The highest BCUT2D eigenvalue weighted by atomic mass is 19.1. The van der Waals surface area contributed by atoms with Crippen molar-refractivity contribution < 1.29 is 13.6 Å². The Kier molecular flexibility index (Phi) is 3.82. The highest BCUT2D eigenvalue weighted by molar-refractivity contribution is 5.80. The first-order chi connectivity index (χ1) is 11.6. The second-order valence-electron chi connectivity index (χ2n) is 6.73. The Morgan fingerprint density at radius 1 is 1.17 bits per heavy atom. The Morgan fingerprint density at radius 3 is 2.54 bits per heavy atom. The van der Waals surface area contributed by atoms with Crippen molar-refractivity contribution in [2.75, 3.05) is 0 Å². The summed E-state index contributed by atoms with van der Waals surface area (Å²) in [6.45, 7) is 0. The third-order valence-corrected chi connectivity index (χ3v) is 5.30. The standard InChI is InChI=1S/C18H19F2N3O/c19-13-2-1-12(17(20)8-13)7-18(24)23-14-3-4-15(23)10-16(9-14)22-6-5-21-11-22/h1-2,5-6,8,11,14-16H,3-4,7,9-10H2. The van der Waals surface area contributed by atoms with E-state index in [1.807, 2.05) is 17.4 Å². The summed E-state index contributed by atoms with van der Waals surface area (Å²) >= 11 is 0. The highest BCUT2D eigenvalue weighted by Crippen LogP contribution is 2.41. The van der Waals surface area contributed by atoms with Gasteiger partial charge in [-0.15, -0.1) is 0 Å². The number of carbonyl (C=O) groups excluding carboxylic acids is 1. The molecule has 2 unspecified atom stereocenters. The number of imidazole rings is 1. The zero-order valence-corrected chi connectivity index (χ0v) is 13.2. The van der Waals surface area contributed by atoms with Crippen LogP contribution in [0.4, 0.5) is 8.78 Å². The average molecular weight is 331 g/mol. The highest BCUT2D eigenvalue weighted by Gasteiger charge is 2.43. The first-order valence-corrected chi connectivity index (χ1v) is 8.34. The molecule has 0 aliphatic carbocycles. The molecule has 3 heterocycles. The van der Waals surface area contributed by atoms with Gasteiger partial charge in [-0.1, -0.05) is 6.07 Å². The molecule has 1 amide bonds. The first-order valence-electron chi connectivity index (χ1n) is 8.34. The van der Waals surface area contributed by atoms with Gasteiger partial charge in [-0.2, -0.15) is 0 Å². The third kappa shape index (κ3) is 2.70. The molecule has 6 heteroatoms. The maximum absolute atomic E-state index is 13.8. The molecular weight excluding hydrogens is 312 g/mol. The normalized spacial score (nSPS) is 25.9. The Bertz CT molecular complexity index is 733. The van der Waals surface area contributed by atoms with Gasteiger partial charge in [0.15, 0.2) is 0 Å². The molecule has 1 aromatic carbocycles. The van der Waals surface area contributed by atoms with Gasteiger partial charge in [0.2, 0.25) is 5.91 Å². The minimum absolute atomic E-state index is 0.00510. The largest absolute Gasteiger partial charge is 0.336 e. The fraction of sp³-hybridized carbons (Fsp3) is 0.444. The van der Waals surface area contributed by atoms with Crippen LogP contribution in [0, 0.1) is 11.6 Å². The molecule has 4 rings (SSSR count). The number of halogens is 2. The number of benzene rings is 1. The zero-order chi connectivity index (χ0) is 16.7. The number of rotatable bonds is 3. The average Bonchev–Trinajstić information content (AvgIpc) is 3.17. The van der Waals surface area contributed by atoms with E-state index in [-0.39, 0.29) is 30.0 Å². The lowest BCUT2D eigenvalue weighted by Gasteiger charge is -2.39. The smallest absolute Gasteiger partial charge is 0.227 e. The fourth-order valence-corrected chi connectivity index (χ4v) is 4.20. The van der Waals surface area contributed by atoms with Crippen LogP contribution in [0.15, 0.2) is 36.9 Å². The lowest BCUT2D eigenvalue weighted by atomic mass is 9.96. The molecular formula is C18H19F2N3O. The van der Waals surface area contributed by atoms with Crippen LogP contribution < -0.4 is 0 Å². The predicted molar refractivity (Wildman–Crippen MR) is 84.2 cm³/mol. The number of nitrogens with zero attached hydrogens (tertiary/aromatic N) is 3. The number of carbonyl (C=O) groups is 1. The summed E-state index contributed by atoms with van der Waals surface area (Å²) in [4.78, 5) is 18.8. The van der Waals surface area contributed by atoms with Gasteiger partial charge in [-0.05, 0) is 37.3 Å². The molecule has 0 spiro atoms. The van der Waals surface area contributed by atoms with Crippen LogP contribution in [0.3, 0.4) is 0 Å². The molecule has 2 bridgehead atoms. The van der Waals surface area contributed by atoms with Crippen molar-refractivity contribution in [2.24, 2.45) is 0 Å². The molecule has 0 N–H and O–H groups in total. The molecule has 2 saturated heterocycles. The molecule has 2 aromatic rings. The van der Waals surface area contributed by atoms with Crippen molar-refractivity contribution in [1.82, 2.24) is 14.5 Å². The van der Waals surface area contributed by atoms with Crippen molar-refractivity contribution in [1.29, 1.82) is 0 Å². The van der Waals surface area contributed by atoms with Crippen LogP contribution in [0.5, 0.6) is 0 Å². The third-order valence-electron chi connectivity index (χ3n) is 5.30. The lowest BCUT2D eigenvalue weighted by Crippen LogP contribution is -2.47. The van der Waals surface area contributed by atoms with Crippen LogP contribution in [-0.4, -0.2) is 32.4 Å². The molecule has 2 fully saturated rings. The molecule has 2 aliphatic rings. The van der Waals surface area contributed by atoms with Crippen LogP contribution in [-0.2, 0) is 11.2 Å². The van der Waals surface area contributed by atoms with E-state index in [4.69, 9.17) is 0 Å². The maximum atomic E-state index is 13.8. The second kappa shape index (κ2) is 6.00. The number of hydrogen-bond acceptors (Lipinski definition) is 2. The zero-order valence-electron chi connectivity index (χ0n) is 13.2. The van der Waals surface area contributed by atoms with E-state index in [9.17, 15) is 13.6 Å². The summed E-state index contributed by atoms with van der Waals surface area (Å²) in [6.07, 6.45) is 9.37. The molecule has 1 aromatic heterocycles. The van der Waals surface area contributed by atoms with E-state index in [0.717, 1.165) is 31.7 Å². The van der Waals surface area contributed by atoms with Gasteiger partial charge in [0.25, 0.3) is 0 Å². The van der Waals surface area contributed by atoms with Crippen molar-refractivity contribution in [3.63, 3.8) is 0 Å². The van der Waals surface area contributed by atoms with Gasteiger partial charge in [0.05, 0.1) is 12.7 Å². The Balaban J connectivity index is 1.48. The van der Waals surface area contributed by atoms with E-state index in [2.05, 4.69) is 9.55 Å².